The quantitative estimate of drug-likeness (QED) is 0.483. The Bertz CT molecular complexity index is 588. The van der Waals surface area contributed by atoms with Crippen LogP contribution in [-0.4, -0.2) is 30.6 Å². The number of alkyl carbamates (subject to hydrolysis) is 1. The average molecular weight is 390 g/mol. The lowest BCUT2D eigenvalue weighted by Crippen LogP contribution is -2.44. The molecule has 156 valence electrons. The number of ether oxygens (including phenoxy) is 2. The van der Waals surface area contributed by atoms with Crippen molar-refractivity contribution in [3.8, 4) is 0 Å². The van der Waals surface area contributed by atoms with E-state index >= 15 is 0 Å². The van der Waals surface area contributed by atoms with Crippen molar-refractivity contribution < 1.29 is 19.1 Å². The first kappa shape index (κ1) is 22.4. The fraction of sp³-hybridized carbons (Fsp3) is 0.652. The van der Waals surface area contributed by atoms with Gasteiger partial charge >= 0.3 is 6.09 Å². The second-order valence-corrected chi connectivity index (χ2v) is 8.76. The average Bonchev–Trinajstić information content (AvgIpc) is 2.65. The molecule has 5 heteroatoms. The van der Waals surface area contributed by atoms with Crippen LogP contribution in [0.1, 0.15) is 64.9 Å². The van der Waals surface area contributed by atoms with Crippen LogP contribution < -0.4 is 5.32 Å². The molecule has 0 aromatic heterocycles. The molecule has 0 aliphatic heterocycles. The third-order valence-electron chi connectivity index (χ3n) is 5.29. The van der Waals surface area contributed by atoms with Crippen molar-refractivity contribution in [2.75, 3.05) is 6.61 Å². The third-order valence-corrected chi connectivity index (χ3v) is 5.29. The molecule has 2 rings (SSSR count). The van der Waals surface area contributed by atoms with E-state index in [1.54, 1.807) is 0 Å². The number of nitrogens with one attached hydrogen (secondary N) is 1. The molecule has 1 aromatic rings. The zero-order valence-electron chi connectivity index (χ0n) is 17.5. The molecular weight excluding hydrogens is 354 g/mol. The molecule has 0 spiro atoms. The van der Waals surface area contributed by atoms with E-state index < -0.39 is 11.7 Å². The molecule has 5 nitrogen and oxygen atoms in total. The maximum atomic E-state index is 12.1. The van der Waals surface area contributed by atoms with Gasteiger partial charge in [0.2, 0.25) is 0 Å². The van der Waals surface area contributed by atoms with Crippen molar-refractivity contribution in [1.82, 2.24) is 5.32 Å². The molecule has 0 heterocycles. The Kier molecular flexibility index (Phi) is 8.97. The first-order chi connectivity index (χ1) is 13.4. The zero-order valence-corrected chi connectivity index (χ0v) is 17.5. The summed E-state index contributed by atoms with van der Waals surface area (Å²) >= 11 is 0. The summed E-state index contributed by atoms with van der Waals surface area (Å²) in [6, 6.07) is 10.1. The van der Waals surface area contributed by atoms with Gasteiger partial charge in [0, 0.05) is 19.1 Å². The van der Waals surface area contributed by atoms with E-state index in [1.165, 1.54) is 5.56 Å². The molecule has 1 atom stereocenters. The van der Waals surface area contributed by atoms with E-state index in [2.05, 4.69) is 17.4 Å². The number of benzene rings is 1. The summed E-state index contributed by atoms with van der Waals surface area (Å²) in [4.78, 5) is 23.1. The summed E-state index contributed by atoms with van der Waals surface area (Å²) in [6.07, 6.45) is 6.15. The lowest BCUT2D eigenvalue weighted by atomic mass is 9.77. The second-order valence-electron chi connectivity index (χ2n) is 8.76. The standard InChI is InChI=1S/C23H35NO4/c1-23(2,3)28-22(26)24-21(13-15-25)20-11-9-18(10-12-20)14-16-27-17-19-7-5-4-6-8-19/h4-8,15,18,20-21H,9-14,16-17H2,1-3H3,(H,24,26). The van der Waals surface area contributed by atoms with Crippen LogP contribution in [0.25, 0.3) is 0 Å². The van der Waals surface area contributed by atoms with Crippen LogP contribution in [0, 0.1) is 11.8 Å². The molecule has 1 amide bonds. The van der Waals surface area contributed by atoms with Gasteiger partial charge in [-0.1, -0.05) is 43.2 Å². The normalized spacial score (nSPS) is 21.0. The summed E-state index contributed by atoms with van der Waals surface area (Å²) < 4.78 is 11.2. The van der Waals surface area contributed by atoms with Crippen molar-refractivity contribution >= 4 is 12.4 Å². The summed E-state index contributed by atoms with van der Waals surface area (Å²) in [5, 5.41) is 2.91. The van der Waals surface area contributed by atoms with Gasteiger partial charge in [0.05, 0.1) is 6.61 Å². The highest BCUT2D eigenvalue weighted by Gasteiger charge is 2.29. The maximum absolute atomic E-state index is 12.1. The van der Waals surface area contributed by atoms with E-state index in [9.17, 15) is 9.59 Å². The molecule has 0 radical (unpaired) electrons. The zero-order chi connectivity index (χ0) is 20.4. The molecule has 1 saturated carbocycles. The Morgan fingerprint density at radius 1 is 1.18 bits per heavy atom. The number of carbonyl (C=O) groups excluding carboxylic acids is 2. The molecule has 1 unspecified atom stereocenters. The van der Waals surface area contributed by atoms with Crippen LogP contribution in [0.3, 0.4) is 0 Å². The SMILES string of the molecule is CC(C)(C)OC(=O)NC(CC=O)C1CCC(CCOCc2ccccc2)CC1. The highest BCUT2D eigenvalue weighted by atomic mass is 16.6. The molecule has 0 saturated heterocycles. The van der Waals surface area contributed by atoms with Gasteiger partial charge in [-0.05, 0) is 57.4 Å². The number of amides is 1. The van der Waals surface area contributed by atoms with Gasteiger partial charge in [-0.15, -0.1) is 0 Å². The van der Waals surface area contributed by atoms with Gasteiger partial charge in [-0.2, -0.15) is 0 Å². The minimum Gasteiger partial charge on any atom is -0.444 e. The third kappa shape index (κ3) is 8.42. The van der Waals surface area contributed by atoms with E-state index in [0.717, 1.165) is 45.0 Å². The topological polar surface area (TPSA) is 64.6 Å². The number of carbonyl (C=O) groups is 2. The highest BCUT2D eigenvalue weighted by Crippen LogP contribution is 2.33. The summed E-state index contributed by atoms with van der Waals surface area (Å²) in [5.74, 6) is 0.990. The van der Waals surface area contributed by atoms with Gasteiger partial charge < -0.3 is 19.6 Å². The van der Waals surface area contributed by atoms with E-state index in [4.69, 9.17) is 9.47 Å². The molecule has 28 heavy (non-hydrogen) atoms. The monoisotopic (exact) mass is 389 g/mol. The minimum absolute atomic E-state index is 0.136. The van der Waals surface area contributed by atoms with Crippen LogP contribution >= 0.6 is 0 Å². The van der Waals surface area contributed by atoms with Crippen LogP contribution in [0.15, 0.2) is 30.3 Å². The molecule has 1 aromatic carbocycles. The van der Waals surface area contributed by atoms with Crippen molar-refractivity contribution in [3.05, 3.63) is 35.9 Å². The Morgan fingerprint density at radius 3 is 2.46 bits per heavy atom. The molecule has 1 N–H and O–H groups in total. The number of hydrogen-bond donors (Lipinski definition) is 1. The van der Waals surface area contributed by atoms with Crippen molar-refractivity contribution in [2.24, 2.45) is 11.8 Å². The number of aldehydes is 1. The van der Waals surface area contributed by atoms with Gasteiger partial charge in [-0.3, -0.25) is 0 Å². The van der Waals surface area contributed by atoms with Crippen LogP contribution in [-0.2, 0) is 20.9 Å². The van der Waals surface area contributed by atoms with Gasteiger partial charge in [0.25, 0.3) is 0 Å². The van der Waals surface area contributed by atoms with Crippen molar-refractivity contribution in [1.29, 1.82) is 0 Å². The highest BCUT2D eigenvalue weighted by molar-refractivity contribution is 5.68. The Balaban J connectivity index is 1.69. The number of hydrogen-bond acceptors (Lipinski definition) is 4. The fourth-order valence-corrected chi connectivity index (χ4v) is 3.83. The minimum atomic E-state index is -0.535. The van der Waals surface area contributed by atoms with Gasteiger partial charge in [-0.25, -0.2) is 4.79 Å². The van der Waals surface area contributed by atoms with E-state index in [1.807, 2.05) is 39.0 Å². The van der Waals surface area contributed by atoms with E-state index in [-0.39, 0.29) is 6.04 Å². The lowest BCUT2D eigenvalue weighted by Gasteiger charge is -2.34. The molecule has 0 bridgehead atoms. The largest absolute Gasteiger partial charge is 0.444 e. The second kappa shape index (κ2) is 11.2. The maximum Gasteiger partial charge on any atom is 0.407 e. The van der Waals surface area contributed by atoms with Crippen molar-refractivity contribution in [3.63, 3.8) is 0 Å². The summed E-state index contributed by atoms with van der Waals surface area (Å²) in [6.45, 7) is 6.96. The predicted molar refractivity (Wildman–Crippen MR) is 110 cm³/mol. The van der Waals surface area contributed by atoms with Gasteiger partial charge in [0.15, 0.2) is 0 Å². The molecule has 1 aliphatic rings. The number of rotatable bonds is 9. The van der Waals surface area contributed by atoms with Gasteiger partial charge in [0.1, 0.15) is 11.9 Å². The predicted octanol–water partition coefficient (Wildman–Crippen LogP) is 4.88. The Labute approximate surface area is 169 Å². The smallest absolute Gasteiger partial charge is 0.407 e. The lowest BCUT2D eigenvalue weighted by molar-refractivity contribution is -0.108. The molecular formula is C23H35NO4. The summed E-state index contributed by atoms with van der Waals surface area (Å²) in [7, 11) is 0. The van der Waals surface area contributed by atoms with Crippen molar-refractivity contribution in [2.45, 2.75) is 77.5 Å². The molecule has 1 aliphatic carbocycles. The summed E-state index contributed by atoms with van der Waals surface area (Å²) in [5.41, 5.74) is 0.670. The van der Waals surface area contributed by atoms with Crippen LogP contribution in [0.4, 0.5) is 4.79 Å². The Morgan fingerprint density at radius 2 is 1.86 bits per heavy atom. The fourth-order valence-electron chi connectivity index (χ4n) is 3.83. The molecule has 1 fully saturated rings. The van der Waals surface area contributed by atoms with Crippen LogP contribution in [0.2, 0.25) is 0 Å². The van der Waals surface area contributed by atoms with Crippen LogP contribution in [0.5, 0.6) is 0 Å². The Hall–Kier alpha value is -1.88. The van der Waals surface area contributed by atoms with E-state index in [0.29, 0.717) is 24.9 Å². The first-order valence-corrected chi connectivity index (χ1v) is 10.4. The first-order valence-electron chi connectivity index (χ1n) is 10.4.